The summed E-state index contributed by atoms with van der Waals surface area (Å²) >= 11 is 0. The zero-order valence-electron chi connectivity index (χ0n) is 22.8. The molecule has 4 aromatic heterocycles. The van der Waals surface area contributed by atoms with E-state index in [9.17, 15) is 43.9 Å². The Morgan fingerprint density at radius 1 is 0.870 bits per heavy atom. The lowest BCUT2D eigenvalue weighted by Crippen LogP contribution is -2.37. The summed E-state index contributed by atoms with van der Waals surface area (Å²) in [6.45, 7) is -1.95. The number of phosphoric ester groups is 2. The van der Waals surface area contributed by atoms with Gasteiger partial charge in [-0.1, -0.05) is 0 Å². The van der Waals surface area contributed by atoms with Crippen LogP contribution in [0, 0.1) is 0 Å². The van der Waals surface area contributed by atoms with Crippen molar-refractivity contribution in [2.24, 2.45) is 0 Å². The first kappa shape index (κ1) is 32.5. The van der Waals surface area contributed by atoms with E-state index >= 15 is 0 Å². The first-order chi connectivity index (χ1) is 21.6. The van der Waals surface area contributed by atoms with Crippen LogP contribution >= 0.6 is 15.6 Å². The Morgan fingerprint density at radius 2 is 1.50 bits per heavy atom. The van der Waals surface area contributed by atoms with Crippen LogP contribution in [0.1, 0.15) is 12.5 Å². The number of nitrogens with zero attached hydrogens (tertiary/aromatic N) is 7. The molecule has 0 saturated carbocycles. The van der Waals surface area contributed by atoms with Crippen LogP contribution < -0.4 is 31.7 Å². The number of aromatic amines is 1. The van der Waals surface area contributed by atoms with Crippen molar-refractivity contribution >= 4 is 49.7 Å². The number of nitrogen functional groups attached to an aromatic ring is 2. The molecule has 0 aromatic carbocycles. The summed E-state index contributed by atoms with van der Waals surface area (Å²) in [6.07, 6.45) is -9.99. The molecule has 2 aliphatic rings. The zero-order valence-corrected chi connectivity index (χ0v) is 24.6. The van der Waals surface area contributed by atoms with E-state index in [1.54, 1.807) is 0 Å². The highest BCUT2D eigenvalue weighted by molar-refractivity contribution is 7.45. The Bertz CT molecular complexity index is 1910. The number of aromatic nitrogens is 8. The van der Waals surface area contributed by atoms with Gasteiger partial charge in [0.1, 0.15) is 48.5 Å². The molecule has 0 bridgehead atoms. The fraction of sp³-hybridized carbons (Fsp3) is 0.500. The summed E-state index contributed by atoms with van der Waals surface area (Å²) < 4.78 is 51.6. The van der Waals surface area contributed by atoms with Crippen LogP contribution in [-0.4, -0.2) is 104 Å². The van der Waals surface area contributed by atoms with E-state index in [1.807, 2.05) is 0 Å². The van der Waals surface area contributed by atoms with Gasteiger partial charge < -0.3 is 69.1 Å². The number of ether oxygens (including phenoxy) is 2. The maximum atomic E-state index is 13.0. The van der Waals surface area contributed by atoms with Crippen LogP contribution in [0.5, 0.6) is 0 Å². The largest absolute Gasteiger partial charge is 0.790 e. The second-order valence-electron chi connectivity index (χ2n) is 10.0. The molecule has 46 heavy (non-hydrogen) atoms. The zero-order chi connectivity index (χ0) is 33.1. The summed E-state index contributed by atoms with van der Waals surface area (Å²) in [5, 5.41) is 32.0. The minimum atomic E-state index is -5.55. The van der Waals surface area contributed by atoms with Gasteiger partial charge in [-0.2, -0.15) is 4.98 Å². The first-order valence-electron chi connectivity index (χ1n) is 12.9. The maximum Gasteiger partial charge on any atom is 0.280 e. The van der Waals surface area contributed by atoms with E-state index in [-0.39, 0.29) is 34.1 Å². The highest BCUT2D eigenvalue weighted by atomic mass is 31.2. The third kappa shape index (κ3) is 6.14. The fourth-order valence-corrected chi connectivity index (χ4v) is 6.23. The number of nitrogens with two attached hydrogens (primary N) is 2. The van der Waals surface area contributed by atoms with Crippen molar-refractivity contribution in [3.8, 4) is 0 Å². The Morgan fingerprint density at radius 3 is 2.22 bits per heavy atom. The van der Waals surface area contributed by atoms with Gasteiger partial charge in [-0.05, 0) is 0 Å². The molecular weight excluding hydrogens is 666 g/mol. The van der Waals surface area contributed by atoms with Crippen LogP contribution in [-0.2, 0) is 32.2 Å². The molecule has 6 rings (SSSR count). The molecule has 0 amide bonds. The van der Waals surface area contributed by atoms with Crippen molar-refractivity contribution < 1.29 is 62.2 Å². The van der Waals surface area contributed by atoms with Crippen LogP contribution in [0.25, 0.3) is 22.3 Å². The van der Waals surface area contributed by atoms with E-state index in [0.29, 0.717) is 0 Å². The van der Waals surface area contributed by atoms with Gasteiger partial charge in [-0.25, -0.2) is 19.9 Å². The lowest BCUT2D eigenvalue weighted by atomic mass is 10.1. The van der Waals surface area contributed by atoms with Crippen molar-refractivity contribution in [1.82, 2.24) is 39.0 Å². The molecule has 8 N–H and O–H groups in total. The maximum absolute atomic E-state index is 13.0. The second-order valence-corrected chi connectivity index (χ2v) is 12.5. The highest BCUT2D eigenvalue weighted by Crippen LogP contribution is 2.47. The van der Waals surface area contributed by atoms with Gasteiger partial charge in [0.2, 0.25) is 5.95 Å². The number of rotatable bonds is 10. The fourth-order valence-electron chi connectivity index (χ4n) is 4.98. The van der Waals surface area contributed by atoms with E-state index in [1.165, 1.54) is 10.9 Å². The molecule has 24 nitrogen and oxygen atoms in total. The van der Waals surface area contributed by atoms with Crippen LogP contribution in [0.2, 0.25) is 0 Å². The summed E-state index contributed by atoms with van der Waals surface area (Å²) in [6, 6.07) is 0. The highest BCUT2D eigenvalue weighted by Gasteiger charge is 2.49. The SMILES string of the molecule is Nc1nc2c(ncn2[C@@H]2O[C@H](COP(=O)([O-])[O-])C(O)C2OP(=O)([O-])OC[C@H]2O[C@@H](n3cnc4c(N)ncnc43)[C@H](O)[C@@H]2O)c(=O)[nH]1. The molecule has 26 heteroatoms. The summed E-state index contributed by atoms with van der Waals surface area (Å²) in [7, 11) is -11.0. The molecule has 6 heterocycles. The average molecular weight is 689 g/mol. The van der Waals surface area contributed by atoms with Crippen molar-refractivity contribution in [3.05, 3.63) is 29.3 Å². The van der Waals surface area contributed by atoms with E-state index in [2.05, 4.69) is 34.4 Å². The number of aliphatic hydroxyl groups is 3. The van der Waals surface area contributed by atoms with E-state index in [0.717, 1.165) is 17.2 Å². The lowest BCUT2D eigenvalue weighted by molar-refractivity contribution is -0.343. The van der Waals surface area contributed by atoms with E-state index < -0.39 is 83.5 Å². The number of hydrogen-bond donors (Lipinski definition) is 6. The van der Waals surface area contributed by atoms with Crippen LogP contribution in [0.3, 0.4) is 0 Å². The lowest BCUT2D eigenvalue weighted by Gasteiger charge is -2.31. The van der Waals surface area contributed by atoms with Crippen molar-refractivity contribution in [3.63, 3.8) is 0 Å². The predicted molar refractivity (Wildman–Crippen MR) is 140 cm³/mol. The van der Waals surface area contributed by atoms with Gasteiger partial charge in [0.05, 0.1) is 33.7 Å². The molecule has 3 unspecified atom stereocenters. The Labute approximate surface area is 254 Å². The third-order valence-electron chi connectivity index (χ3n) is 7.08. The van der Waals surface area contributed by atoms with Gasteiger partial charge in [-0.15, -0.1) is 0 Å². The number of phosphoric acid groups is 2. The van der Waals surface area contributed by atoms with Gasteiger partial charge >= 0.3 is 0 Å². The Kier molecular flexibility index (Phi) is 8.43. The molecule has 9 atom stereocenters. The molecule has 2 fully saturated rings. The number of fused-ring (bicyclic) bond motifs is 2. The van der Waals surface area contributed by atoms with Gasteiger partial charge in [0.15, 0.2) is 35.1 Å². The quantitative estimate of drug-likeness (QED) is 0.0846. The van der Waals surface area contributed by atoms with Gasteiger partial charge in [0.25, 0.3) is 13.4 Å². The molecule has 0 radical (unpaired) electrons. The smallest absolute Gasteiger partial charge is 0.280 e. The predicted octanol–water partition coefficient (Wildman–Crippen LogP) is -5.28. The molecule has 0 aliphatic carbocycles. The summed E-state index contributed by atoms with van der Waals surface area (Å²) in [5.74, 6) is -0.321. The van der Waals surface area contributed by atoms with Crippen LogP contribution in [0.4, 0.5) is 11.8 Å². The van der Waals surface area contributed by atoms with Crippen LogP contribution in [0.15, 0.2) is 23.8 Å². The molecule has 4 aromatic rings. The molecule has 0 spiro atoms. The Balaban J connectivity index is 1.20. The van der Waals surface area contributed by atoms with Crippen molar-refractivity contribution in [1.29, 1.82) is 0 Å². The number of H-pyrrole nitrogens is 1. The van der Waals surface area contributed by atoms with E-state index in [4.69, 9.17) is 30.0 Å². The summed E-state index contributed by atoms with van der Waals surface area (Å²) in [4.78, 5) is 69.2. The van der Waals surface area contributed by atoms with Crippen molar-refractivity contribution in [2.45, 2.75) is 49.1 Å². The number of imidazole rings is 2. The first-order valence-corrected chi connectivity index (χ1v) is 15.9. The molecule has 2 aliphatic heterocycles. The number of nitrogens with one attached hydrogen (secondary N) is 1. The number of hydrogen-bond acceptors (Lipinski definition) is 21. The van der Waals surface area contributed by atoms with Crippen molar-refractivity contribution in [2.75, 3.05) is 24.7 Å². The van der Waals surface area contributed by atoms with Gasteiger partial charge in [0, 0.05) is 0 Å². The minimum absolute atomic E-state index is 0.0381. The van der Waals surface area contributed by atoms with Gasteiger partial charge in [-0.3, -0.25) is 23.5 Å². The average Bonchev–Trinajstić information content (AvgIpc) is 3.73. The number of aliphatic hydroxyl groups excluding tert-OH is 3. The number of anilines is 2. The normalized spacial score (nSPS) is 30.0. The second kappa shape index (κ2) is 12.0. The topological polar surface area (TPSA) is 369 Å². The standard InChI is InChI=1S/C20H26N10O14P2/c21-14-8-15(24-3-23-14)29(4-25-8)18-12(33)10(31)6(42-18)2-41-46(38,39)44-13-11(32)7(1-40-45(35,36)37)43-19(13)30-5-26-9-16(30)27-20(22)28-17(9)34/h3-7,10-13,18-19,31-33H,1-2H2,(H,38,39)(H2,21,23,24)(H2,35,36,37)(H3,22,27,28,34)/p-3/t6-,7-,10-,11?,12-,13?,18-,19-/m1/s1. The monoisotopic (exact) mass is 689 g/mol. The molecular formula is C20H23N10O14P2-3. The molecule has 250 valence electrons. The summed E-state index contributed by atoms with van der Waals surface area (Å²) in [5.41, 5.74) is 10.4. The Hall–Kier alpha value is -3.48. The molecule has 2 saturated heterocycles. The minimum Gasteiger partial charge on any atom is -0.790 e. The third-order valence-corrected chi connectivity index (χ3v) is 8.51.